The van der Waals surface area contributed by atoms with Crippen molar-refractivity contribution in [2.45, 2.75) is 0 Å². The quantitative estimate of drug-likeness (QED) is 0.704. The van der Waals surface area contributed by atoms with Crippen LogP contribution in [0.3, 0.4) is 0 Å². The minimum atomic E-state index is -1.16. The molecule has 3 rings (SSSR count). The topological polar surface area (TPSA) is 109 Å². The fourth-order valence-corrected chi connectivity index (χ4v) is 2.77. The van der Waals surface area contributed by atoms with Crippen LogP contribution >= 0.6 is 0 Å². The summed E-state index contributed by atoms with van der Waals surface area (Å²) in [5.74, 6) is 0.0534. The SMILES string of the molecule is COc1c(C(=O)O)cc(-c2ccc(-c3nccn3C)nn2)c(OC)c1OC. The zero-order valence-corrected chi connectivity index (χ0v) is 15.3. The Morgan fingerprint density at radius 3 is 2.11 bits per heavy atom. The molecule has 9 nitrogen and oxygen atoms in total. The van der Waals surface area contributed by atoms with Gasteiger partial charge in [-0.3, -0.25) is 0 Å². The Kier molecular flexibility index (Phi) is 4.93. The third-order valence-corrected chi connectivity index (χ3v) is 4.02. The first-order chi connectivity index (χ1) is 13.0. The highest BCUT2D eigenvalue weighted by molar-refractivity contribution is 5.95. The van der Waals surface area contributed by atoms with Crippen LogP contribution in [0.15, 0.2) is 30.6 Å². The summed E-state index contributed by atoms with van der Waals surface area (Å²) in [6, 6.07) is 4.89. The van der Waals surface area contributed by atoms with Gasteiger partial charge in [-0.1, -0.05) is 0 Å². The smallest absolute Gasteiger partial charge is 0.339 e. The Morgan fingerprint density at radius 1 is 1.00 bits per heavy atom. The molecule has 9 heteroatoms. The van der Waals surface area contributed by atoms with Crippen molar-refractivity contribution in [2.24, 2.45) is 7.05 Å². The lowest BCUT2D eigenvalue weighted by molar-refractivity contribution is 0.0692. The number of methoxy groups -OCH3 is 3. The predicted molar refractivity (Wildman–Crippen MR) is 96.3 cm³/mol. The van der Waals surface area contributed by atoms with Crippen molar-refractivity contribution < 1.29 is 24.1 Å². The molecule has 0 saturated heterocycles. The number of hydrogen-bond acceptors (Lipinski definition) is 7. The number of ether oxygens (including phenoxy) is 3. The minimum Gasteiger partial charge on any atom is -0.492 e. The van der Waals surface area contributed by atoms with Gasteiger partial charge in [0.15, 0.2) is 17.3 Å². The maximum atomic E-state index is 11.7. The van der Waals surface area contributed by atoms with E-state index in [2.05, 4.69) is 15.2 Å². The molecule has 0 unspecified atom stereocenters. The summed E-state index contributed by atoms with van der Waals surface area (Å²) in [7, 11) is 6.09. The molecule has 0 fully saturated rings. The van der Waals surface area contributed by atoms with E-state index >= 15 is 0 Å². The van der Waals surface area contributed by atoms with Crippen LogP contribution in [0.5, 0.6) is 17.2 Å². The molecule has 27 heavy (non-hydrogen) atoms. The number of aryl methyl sites for hydroxylation is 1. The number of aromatic nitrogens is 4. The van der Waals surface area contributed by atoms with E-state index in [4.69, 9.17) is 14.2 Å². The monoisotopic (exact) mass is 370 g/mol. The third-order valence-electron chi connectivity index (χ3n) is 4.02. The highest BCUT2D eigenvalue weighted by atomic mass is 16.5. The van der Waals surface area contributed by atoms with Crippen LogP contribution in [0.4, 0.5) is 0 Å². The first kappa shape index (κ1) is 18.2. The Hall–Kier alpha value is -3.62. The number of benzene rings is 1. The molecule has 0 atom stereocenters. The molecule has 1 aromatic carbocycles. The van der Waals surface area contributed by atoms with Crippen molar-refractivity contribution in [1.82, 2.24) is 19.7 Å². The van der Waals surface area contributed by atoms with Crippen LogP contribution in [0.1, 0.15) is 10.4 Å². The lowest BCUT2D eigenvalue weighted by atomic mass is 10.0. The van der Waals surface area contributed by atoms with Crippen LogP contribution in [0.25, 0.3) is 22.8 Å². The van der Waals surface area contributed by atoms with Crippen molar-refractivity contribution in [3.63, 3.8) is 0 Å². The Balaban J connectivity index is 2.17. The first-order valence-electron chi connectivity index (χ1n) is 7.89. The summed E-state index contributed by atoms with van der Waals surface area (Å²) < 4.78 is 17.8. The number of carbonyl (C=O) groups is 1. The lowest BCUT2D eigenvalue weighted by Gasteiger charge is -2.17. The van der Waals surface area contributed by atoms with E-state index in [0.717, 1.165) is 0 Å². The van der Waals surface area contributed by atoms with Gasteiger partial charge in [0, 0.05) is 25.0 Å². The van der Waals surface area contributed by atoms with Gasteiger partial charge in [0.1, 0.15) is 11.3 Å². The van der Waals surface area contributed by atoms with E-state index in [-0.39, 0.29) is 17.1 Å². The first-order valence-corrected chi connectivity index (χ1v) is 7.89. The molecule has 2 heterocycles. The molecule has 0 bridgehead atoms. The molecule has 0 radical (unpaired) electrons. The number of carboxylic acids is 1. The molecule has 1 N–H and O–H groups in total. The van der Waals surface area contributed by atoms with Crippen molar-refractivity contribution in [3.05, 3.63) is 36.2 Å². The second-order valence-electron chi connectivity index (χ2n) is 5.54. The average molecular weight is 370 g/mol. The van der Waals surface area contributed by atoms with Gasteiger partial charge in [0.25, 0.3) is 0 Å². The Morgan fingerprint density at radius 2 is 1.63 bits per heavy atom. The largest absolute Gasteiger partial charge is 0.492 e. The second-order valence-corrected chi connectivity index (χ2v) is 5.54. The average Bonchev–Trinajstić information content (AvgIpc) is 3.11. The van der Waals surface area contributed by atoms with E-state index in [1.165, 1.54) is 27.4 Å². The molecule has 140 valence electrons. The third kappa shape index (κ3) is 3.14. The number of nitrogens with zero attached hydrogens (tertiary/aromatic N) is 4. The highest BCUT2D eigenvalue weighted by Crippen LogP contribution is 2.46. The second kappa shape index (κ2) is 7.32. The van der Waals surface area contributed by atoms with Gasteiger partial charge in [-0.15, -0.1) is 10.2 Å². The van der Waals surface area contributed by atoms with Crippen molar-refractivity contribution in [3.8, 4) is 40.0 Å². The summed E-state index contributed by atoms with van der Waals surface area (Å²) in [5.41, 5.74) is 1.36. The van der Waals surface area contributed by atoms with Crippen LogP contribution in [-0.4, -0.2) is 52.2 Å². The van der Waals surface area contributed by atoms with Gasteiger partial charge in [0.2, 0.25) is 5.75 Å². The van der Waals surface area contributed by atoms with Gasteiger partial charge in [-0.2, -0.15) is 0 Å². The van der Waals surface area contributed by atoms with Crippen LogP contribution in [-0.2, 0) is 7.05 Å². The number of carboxylic acid groups (broad SMARTS) is 1. The molecular formula is C18H18N4O5. The summed E-state index contributed by atoms with van der Waals surface area (Å²) in [6.45, 7) is 0. The number of rotatable bonds is 6. The van der Waals surface area contributed by atoms with Gasteiger partial charge < -0.3 is 23.9 Å². The normalized spacial score (nSPS) is 10.5. The van der Waals surface area contributed by atoms with Crippen molar-refractivity contribution in [1.29, 1.82) is 0 Å². The molecule has 0 aliphatic carbocycles. The molecule has 0 aliphatic rings. The van der Waals surface area contributed by atoms with Crippen molar-refractivity contribution >= 4 is 5.97 Å². The minimum absolute atomic E-state index is 0.0693. The highest BCUT2D eigenvalue weighted by Gasteiger charge is 2.25. The molecule has 0 spiro atoms. The molecule has 0 amide bonds. The van der Waals surface area contributed by atoms with Crippen molar-refractivity contribution in [2.75, 3.05) is 21.3 Å². The van der Waals surface area contributed by atoms with E-state index < -0.39 is 5.97 Å². The number of hydrogen-bond donors (Lipinski definition) is 1. The molecule has 0 aliphatic heterocycles. The fourth-order valence-electron chi connectivity index (χ4n) is 2.77. The van der Waals surface area contributed by atoms with Gasteiger partial charge in [0.05, 0.1) is 27.0 Å². The summed E-state index contributed by atoms with van der Waals surface area (Å²) >= 11 is 0. The zero-order chi connectivity index (χ0) is 19.6. The molecule has 3 aromatic rings. The molecule has 2 aromatic heterocycles. The summed E-state index contributed by atoms with van der Waals surface area (Å²) in [4.78, 5) is 15.9. The van der Waals surface area contributed by atoms with E-state index in [9.17, 15) is 9.90 Å². The van der Waals surface area contributed by atoms with E-state index in [1.54, 1.807) is 24.5 Å². The van der Waals surface area contributed by atoms with Gasteiger partial charge >= 0.3 is 5.97 Å². The number of imidazole rings is 1. The zero-order valence-electron chi connectivity index (χ0n) is 15.3. The predicted octanol–water partition coefficient (Wildman–Crippen LogP) is 2.27. The molecular weight excluding hydrogens is 352 g/mol. The molecule has 0 saturated carbocycles. The standard InChI is InChI=1S/C18H18N4O5/c1-22-8-7-19-17(22)13-6-5-12(20-21-13)10-9-11(18(23)24)15(26-3)16(27-4)14(10)25-2/h5-9H,1-4H3,(H,23,24). The maximum Gasteiger partial charge on any atom is 0.339 e. The van der Waals surface area contributed by atoms with Gasteiger partial charge in [-0.25, -0.2) is 9.78 Å². The summed E-state index contributed by atoms with van der Waals surface area (Å²) in [5, 5.41) is 17.9. The van der Waals surface area contributed by atoms with Crippen LogP contribution in [0.2, 0.25) is 0 Å². The maximum absolute atomic E-state index is 11.7. The van der Waals surface area contributed by atoms with E-state index in [1.807, 2.05) is 11.6 Å². The lowest BCUT2D eigenvalue weighted by Crippen LogP contribution is -2.06. The Labute approximate surface area is 155 Å². The van der Waals surface area contributed by atoms with Gasteiger partial charge in [-0.05, 0) is 18.2 Å². The van der Waals surface area contributed by atoms with Crippen LogP contribution < -0.4 is 14.2 Å². The fraction of sp³-hybridized carbons (Fsp3) is 0.222. The summed E-state index contributed by atoms with van der Waals surface area (Å²) in [6.07, 6.45) is 3.48. The Bertz CT molecular complexity index is 982. The van der Waals surface area contributed by atoms with E-state index in [0.29, 0.717) is 28.5 Å². The number of aromatic carboxylic acids is 1. The van der Waals surface area contributed by atoms with Crippen LogP contribution in [0, 0.1) is 0 Å².